The van der Waals surface area contributed by atoms with Gasteiger partial charge in [0.05, 0.1) is 5.60 Å². The largest absolute Gasteiger partial charge is 0.379 e. The monoisotopic (exact) mass is 412 g/mol. The number of hydrogen-bond acceptors (Lipinski definition) is 3. The Bertz CT molecular complexity index is 760. The van der Waals surface area contributed by atoms with E-state index < -0.39 is 0 Å². The molecule has 166 valence electrons. The van der Waals surface area contributed by atoms with Gasteiger partial charge in [-0.15, -0.1) is 0 Å². The molecule has 1 aromatic carbocycles. The van der Waals surface area contributed by atoms with E-state index in [0.29, 0.717) is 0 Å². The number of nitrogens with one attached hydrogen (secondary N) is 1. The SMILES string of the molecule is CNC(=O)C1=CC2(CCN(CCC(C)CCCC(C)(C)OC)CC2)c2ccccc21. The van der Waals surface area contributed by atoms with Crippen LogP contribution in [0.4, 0.5) is 0 Å². The molecule has 1 aliphatic heterocycles. The lowest BCUT2D eigenvalue weighted by Crippen LogP contribution is -2.41. The highest BCUT2D eigenvalue weighted by atomic mass is 16.5. The number of nitrogens with zero attached hydrogens (tertiary/aromatic N) is 1. The van der Waals surface area contributed by atoms with Crippen molar-refractivity contribution in [2.75, 3.05) is 33.8 Å². The second-order valence-electron chi connectivity index (χ2n) is 9.93. The Hall–Kier alpha value is -1.65. The van der Waals surface area contributed by atoms with E-state index in [0.717, 1.165) is 49.4 Å². The van der Waals surface area contributed by atoms with Crippen molar-refractivity contribution in [3.8, 4) is 0 Å². The van der Waals surface area contributed by atoms with Gasteiger partial charge in [0.2, 0.25) is 0 Å². The highest BCUT2D eigenvalue weighted by molar-refractivity contribution is 6.21. The first-order chi connectivity index (χ1) is 14.3. The molecule has 3 rings (SSSR count). The van der Waals surface area contributed by atoms with E-state index in [-0.39, 0.29) is 16.9 Å². The molecule has 1 heterocycles. The molecular weight excluding hydrogens is 372 g/mol. The molecule has 1 amide bonds. The number of fused-ring (bicyclic) bond motifs is 2. The normalized spacial score (nSPS) is 19.4. The number of carbonyl (C=O) groups excluding carboxylic acids is 1. The van der Waals surface area contributed by atoms with Gasteiger partial charge in [-0.2, -0.15) is 0 Å². The number of amides is 1. The van der Waals surface area contributed by atoms with Crippen LogP contribution in [-0.2, 0) is 14.9 Å². The highest BCUT2D eigenvalue weighted by Crippen LogP contribution is 2.47. The third-order valence-electron chi connectivity index (χ3n) is 7.36. The lowest BCUT2D eigenvalue weighted by Gasteiger charge is -2.39. The average molecular weight is 413 g/mol. The first-order valence-corrected chi connectivity index (χ1v) is 11.6. The maximum atomic E-state index is 12.4. The zero-order valence-electron chi connectivity index (χ0n) is 19.6. The first kappa shape index (κ1) is 23.0. The molecule has 0 aromatic heterocycles. The number of allylic oxidation sites excluding steroid dienone is 1. The third-order valence-corrected chi connectivity index (χ3v) is 7.36. The summed E-state index contributed by atoms with van der Waals surface area (Å²) in [5, 5.41) is 2.82. The molecule has 1 atom stereocenters. The lowest BCUT2D eigenvalue weighted by molar-refractivity contribution is -0.115. The standard InChI is InChI=1S/C26H40N2O2/c1-20(9-8-13-25(2,3)30-5)12-16-28-17-14-26(15-18-28)19-22(24(29)27-4)21-10-6-7-11-23(21)26/h6-7,10-11,19-20H,8-9,12-18H2,1-5H3,(H,27,29). The summed E-state index contributed by atoms with van der Waals surface area (Å²) >= 11 is 0. The quantitative estimate of drug-likeness (QED) is 0.634. The molecule has 0 radical (unpaired) electrons. The second kappa shape index (κ2) is 9.65. The van der Waals surface area contributed by atoms with Gasteiger partial charge in [-0.3, -0.25) is 4.79 Å². The van der Waals surface area contributed by atoms with Crippen LogP contribution in [0.2, 0.25) is 0 Å². The van der Waals surface area contributed by atoms with Gasteiger partial charge in [-0.1, -0.05) is 50.1 Å². The van der Waals surface area contributed by atoms with Crippen molar-refractivity contribution in [2.45, 2.75) is 70.3 Å². The summed E-state index contributed by atoms with van der Waals surface area (Å²) < 4.78 is 5.54. The van der Waals surface area contributed by atoms with E-state index >= 15 is 0 Å². The number of carbonyl (C=O) groups is 1. The summed E-state index contributed by atoms with van der Waals surface area (Å²) in [7, 11) is 3.53. The van der Waals surface area contributed by atoms with E-state index in [1.807, 2.05) is 13.2 Å². The van der Waals surface area contributed by atoms with Gasteiger partial charge in [0.1, 0.15) is 0 Å². The van der Waals surface area contributed by atoms with Gasteiger partial charge in [0.25, 0.3) is 5.91 Å². The fourth-order valence-electron chi connectivity index (χ4n) is 5.02. The van der Waals surface area contributed by atoms with Crippen LogP contribution in [0.5, 0.6) is 0 Å². The number of benzene rings is 1. The zero-order valence-corrected chi connectivity index (χ0v) is 19.6. The van der Waals surface area contributed by atoms with Crippen LogP contribution < -0.4 is 5.32 Å². The predicted molar refractivity (Wildman–Crippen MR) is 125 cm³/mol. The molecule has 0 bridgehead atoms. The Labute approximate surface area is 183 Å². The molecule has 2 aliphatic rings. The molecule has 1 saturated heterocycles. The summed E-state index contributed by atoms with van der Waals surface area (Å²) in [6.07, 6.45) is 9.34. The molecule has 1 N–H and O–H groups in total. The Kier molecular flexibility index (Phi) is 7.41. The van der Waals surface area contributed by atoms with Crippen molar-refractivity contribution >= 4 is 11.5 Å². The molecule has 30 heavy (non-hydrogen) atoms. The first-order valence-electron chi connectivity index (χ1n) is 11.6. The van der Waals surface area contributed by atoms with Gasteiger partial charge in [-0.25, -0.2) is 0 Å². The van der Waals surface area contributed by atoms with Gasteiger partial charge in [0.15, 0.2) is 0 Å². The molecule has 1 aromatic rings. The van der Waals surface area contributed by atoms with Gasteiger partial charge in [-0.05, 0) is 76.2 Å². The molecular formula is C26H40N2O2. The number of rotatable bonds is 9. The zero-order chi connectivity index (χ0) is 21.8. The van der Waals surface area contributed by atoms with E-state index in [9.17, 15) is 4.79 Å². The number of piperidine rings is 1. The molecule has 1 aliphatic carbocycles. The fourth-order valence-corrected chi connectivity index (χ4v) is 5.02. The van der Waals surface area contributed by atoms with Crippen LogP contribution in [-0.4, -0.2) is 50.2 Å². The predicted octanol–water partition coefficient (Wildman–Crippen LogP) is 4.78. The van der Waals surface area contributed by atoms with Gasteiger partial charge >= 0.3 is 0 Å². The second-order valence-corrected chi connectivity index (χ2v) is 9.93. The number of likely N-dealkylation sites (N-methyl/N-ethyl adjacent to an activating group) is 1. The van der Waals surface area contributed by atoms with Crippen LogP contribution >= 0.6 is 0 Å². The van der Waals surface area contributed by atoms with Crippen molar-refractivity contribution in [1.29, 1.82) is 0 Å². The molecule has 1 spiro atoms. The van der Waals surface area contributed by atoms with Crippen LogP contribution in [0.3, 0.4) is 0 Å². The maximum Gasteiger partial charge on any atom is 0.251 e. The Balaban J connectivity index is 1.51. The van der Waals surface area contributed by atoms with E-state index in [1.165, 1.54) is 31.4 Å². The average Bonchev–Trinajstić information content (AvgIpc) is 3.07. The fraction of sp³-hybridized carbons (Fsp3) is 0.654. The van der Waals surface area contributed by atoms with Gasteiger partial charge in [0, 0.05) is 25.1 Å². The van der Waals surface area contributed by atoms with Crippen LogP contribution in [0.15, 0.2) is 30.3 Å². The van der Waals surface area contributed by atoms with Crippen molar-refractivity contribution in [2.24, 2.45) is 5.92 Å². The number of ether oxygens (including phenoxy) is 1. The van der Waals surface area contributed by atoms with Crippen LogP contribution in [0.25, 0.3) is 5.57 Å². The lowest BCUT2D eigenvalue weighted by atomic mass is 9.74. The maximum absolute atomic E-state index is 12.4. The minimum Gasteiger partial charge on any atom is -0.379 e. The topological polar surface area (TPSA) is 41.6 Å². The van der Waals surface area contributed by atoms with E-state index in [2.05, 4.69) is 55.3 Å². The van der Waals surface area contributed by atoms with Crippen LogP contribution in [0, 0.1) is 5.92 Å². The molecule has 0 saturated carbocycles. The smallest absolute Gasteiger partial charge is 0.251 e. The minimum atomic E-state index is -0.000465. The summed E-state index contributed by atoms with van der Waals surface area (Å²) in [5.41, 5.74) is 3.36. The third kappa shape index (κ3) is 5.15. The van der Waals surface area contributed by atoms with Crippen molar-refractivity contribution in [1.82, 2.24) is 10.2 Å². The Morgan fingerprint density at radius 3 is 2.60 bits per heavy atom. The molecule has 1 unspecified atom stereocenters. The highest BCUT2D eigenvalue weighted by Gasteiger charge is 2.41. The summed E-state index contributed by atoms with van der Waals surface area (Å²) in [6, 6.07) is 8.48. The van der Waals surface area contributed by atoms with E-state index in [4.69, 9.17) is 4.74 Å². The van der Waals surface area contributed by atoms with Crippen molar-refractivity contribution in [3.05, 3.63) is 41.5 Å². The van der Waals surface area contributed by atoms with Gasteiger partial charge < -0.3 is 15.0 Å². The minimum absolute atomic E-state index is 0.000465. The number of methoxy groups -OCH3 is 1. The van der Waals surface area contributed by atoms with Crippen LogP contribution in [0.1, 0.15) is 70.4 Å². The Morgan fingerprint density at radius 1 is 1.23 bits per heavy atom. The number of hydrogen-bond donors (Lipinski definition) is 1. The molecule has 1 fully saturated rings. The summed E-state index contributed by atoms with van der Waals surface area (Å²) in [5.74, 6) is 0.785. The molecule has 4 heteroatoms. The van der Waals surface area contributed by atoms with E-state index in [1.54, 1.807) is 7.05 Å². The molecule has 4 nitrogen and oxygen atoms in total. The van der Waals surface area contributed by atoms with Crippen molar-refractivity contribution in [3.63, 3.8) is 0 Å². The summed E-state index contributed by atoms with van der Waals surface area (Å²) in [6.45, 7) is 10.1. The summed E-state index contributed by atoms with van der Waals surface area (Å²) in [4.78, 5) is 15.0. The number of likely N-dealkylation sites (tertiary alicyclic amines) is 1. The van der Waals surface area contributed by atoms with Crippen molar-refractivity contribution < 1.29 is 9.53 Å². The Morgan fingerprint density at radius 2 is 1.93 bits per heavy atom.